The number of ketones is 1. The first-order valence-corrected chi connectivity index (χ1v) is 6.43. The van der Waals surface area contributed by atoms with E-state index in [0.717, 1.165) is 22.8 Å². The van der Waals surface area contributed by atoms with Crippen LogP contribution in [0.25, 0.3) is 0 Å². The maximum absolute atomic E-state index is 11.8. The van der Waals surface area contributed by atoms with Crippen molar-refractivity contribution in [3.63, 3.8) is 0 Å². The molecule has 0 fully saturated rings. The highest BCUT2D eigenvalue weighted by Gasteiger charge is 2.13. The summed E-state index contributed by atoms with van der Waals surface area (Å²) in [6, 6.07) is 9.55. The number of rotatable bonds is 5. The summed E-state index contributed by atoms with van der Waals surface area (Å²) in [4.78, 5) is 11.8. The summed E-state index contributed by atoms with van der Waals surface area (Å²) in [6.45, 7) is 2.02. The second-order valence-corrected chi connectivity index (χ2v) is 4.54. The summed E-state index contributed by atoms with van der Waals surface area (Å²) in [5, 5.41) is 0. The molecule has 0 saturated heterocycles. The lowest BCUT2D eigenvalue weighted by Crippen LogP contribution is -2.11. The van der Waals surface area contributed by atoms with Crippen LogP contribution >= 0.6 is 22.6 Å². The lowest BCUT2D eigenvalue weighted by atomic mass is 9.95. The summed E-state index contributed by atoms with van der Waals surface area (Å²) in [6.07, 6.45) is 2.12. The van der Waals surface area contributed by atoms with E-state index in [1.807, 2.05) is 37.3 Å². The summed E-state index contributed by atoms with van der Waals surface area (Å²) in [5.74, 6) is 0.433. The predicted molar refractivity (Wildman–Crippen MR) is 68.1 cm³/mol. The number of carbonyl (C=O) groups excluding carboxylic acids is 1. The maximum Gasteiger partial charge on any atom is 0.165 e. The molecule has 1 aromatic rings. The number of Topliss-reactive ketones (excluding diaryl/α,β-unsaturated/α-hetero) is 1. The average molecular weight is 302 g/mol. The Labute approximate surface area is 99.0 Å². The fourth-order valence-corrected chi connectivity index (χ4v) is 1.84. The van der Waals surface area contributed by atoms with Crippen LogP contribution in [-0.4, -0.2) is 10.2 Å². The number of halogens is 1. The van der Waals surface area contributed by atoms with Crippen LogP contribution in [0.5, 0.6) is 0 Å². The molecule has 0 saturated carbocycles. The second kappa shape index (κ2) is 6.17. The Kier molecular flexibility index (Phi) is 5.15. The first kappa shape index (κ1) is 11.7. The van der Waals surface area contributed by atoms with E-state index < -0.39 is 0 Å². The molecule has 0 aliphatic carbocycles. The van der Waals surface area contributed by atoms with Gasteiger partial charge in [0, 0.05) is 11.5 Å². The molecule has 1 atom stereocenters. The molecular weight excluding hydrogens is 287 g/mol. The van der Waals surface area contributed by atoms with Gasteiger partial charge in [-0.2, -0.15) is 0 Å². The van der Waals surface area contributed by atoms with Gasteiger partial charge >= 0.3 is 0 Å². The third-order valence-corrected chi connectivity index (χ3v) is 3.04. The minimum Gasteiger partial charge on any atom is -0.294 e. The second-order valence-electron chi connectivity index (χ2n) is 3.46. The van der Waals surface area contributed by atoms with Crippen LogP contribution in [0, 0.1) is 5.92 Å². The fraction of sp³-hybridized carbons (Fsp3) is 0.417. The molecule has 0 N–H and O–H groups in total. The molecule has 0 aliphatic heterocycles. The van der Waals surface area contributed by atoms with Gasteiger partial charge in [-0.3, -0.25) is 4.79 Å². The molecule has 14 heavy (non-hydrogen) atoms. The smallest absolute Gasteiger partial charge is 0.165 e. The zero-order valence-electron chi connectivity index (χ0n) is 8.37. The van der Waals surface area contributed by atoms with Gasteiger partial charge in [0.05, 0.1) is 0 Å². The van der Waals surface area contributed by atoms with Gasteiger partial charge in [-0.1, -0.05) is 59.8 Å². The maximum atomic E-state index is 11.8. The molecule has 0 heterocycles. The molecule has 0 aromatic heterocycles. The summed E-state index contributed by atoms with van der Waals surface area (Å²) in [5.41, 5.74) is 0.841. The van der Waals surface area contributed by atoms with Crippen LogP contribution in [-0.2, 0) is 0 Å². The van der Waals surface area contributed by atoms with Crippen LogP contribution < -0.4 is 0 Å². The minimum atomic E-state index is 0.159. The van der Waals surface area contributed by atoms with E-state index in [1.54, 1.807) is 0 Å². The number of hydrogen-bond donors (Lipinski definition) is 0. The molecule has 2 heteroatoms. The molecular formula is C12H15IO. The van der Waals surface area contributed by atoms with Crippen molar-refractivity contribution < 1.29 is 4.79 Å². The molecule has 0 radical (unpaired) electrons. The van der Waals surface area contributed by atoms with Gasteiger partial charge in [0.25, 0.3) is 0 Å². The highest BCUT2D eigenvalue weighted by molar-refractivity contribution is 14.1. The molecule has 1 aromatic carbocycles. The zero-order chi connectivity index (χ0) is 10.4. The van der Waals surface area contributed by atoms with E-state index in [2.05, 4.69) is 22.6 Å². The fourth-order valence-electron chi connectivity index (χ4n) is 1.40. The van der Waals surface area contributed by atoms with Gasteiger partial charge in [-0.15, -0.1) is 0 Å². The Bertz CT molecular complexity index is 282. The lowest BCUT2D eigenvalue weighted by Gasteiger charge is -2.08. The summed E-state index contributed by atoms with van der Waals surface area (Å²) >= 11 is 2.35. The number of carbonyl (C=O) groups is 1. The lowest BCUT2D eigenvalue weighted by molar-refractivity contribution is 0.0924. The van der Waals surface area contributed by atoms with E-state index in [4.69, 9.17) is 0 Å². The summed E-state index contributed by atoms with van der Waals surface area (Å²) < 4.78 is 1.13. The Morgan fingerprint density at radius 3 is 2.57 bits per heavy atom. The van der Waals surface area contributed by atoms with Gasteiger partial charge in [-0.05, 0) is 17.3 Å². The highest BCUT2D eigenvalue weighted by Crippen LogP contribution is 2.14. The van der Waals surface area contributed by atoms with Crippen LogP contribution in [0.3, 0.4) is 0 Å². The number of benzene rings is 1. The van der Waals surface area contributed by atoms with Crippen molar-refractivity contribution in [2.24, 2.45) is 5.92 Å². The van der Waals surface area contributed by atoms with Crippen molar-refractivity contribution in [2.75, 3.05) is 4.43 Å². The van der Waals surface area contributed by atoms with Gasteiger partial charge in [0.2, 0.25) is 0 Å². The quantitative estimate of drug-likeness (QED) is 0.460. The monoisotopic (exact) mass is 302 g/mol. The Morgan fingerprint density at radius 1 is 1.36 bits per heavy atom. The minimum absolute atomic E-state index is 0.159. The van der Waals surface area contributed by atoms with Crippen molar-refractivity contribution in [3.05, 3.63) is 35.9 Å². The first-order valence-electron chi connectivity index (χ1n) is 4.91. The van der Waals surface area contributed by atoms with Gasteiger partial charge < -0.3 is 0 Å². The van der Waals surface area contributed by atoms with Crippen molar-refractivity contribution in [2.45, 2.75) is 19.8 Å². The third kappa shape index (κ3) is 3.40. The van der Waals surface area contributed by atoms with Crippen LogP contribution in [0.4, 0.5) is 0 Å². The SMILES string of the molecule is CC(CCCI)C(=O)c1ccccc1. The van der Waals surface area contributed by atoms with Gasteiger partial charge in [0.15, 0.2) is 5.78 Å². The highest BCUT2D eigenvalue weighted by atomic mass is 127. The van der Waals surface area contributed by atoms with Gasteiger partial charge in [0.1, 0.15) is 0 Å². The van der Waals surface area contributed by atoms with E-state index in [-0.39, 0.29) is 11.7 Å². The van der Waals surface area contributed by atoms with E-state index in [9.17, 15) is 4.79 Å². The van der Waals surface area contributed by atoms with Crippen LogP contribution in [0.1, 0.15) is 30.1 Å². The molecule has 76 valence electrons. The molecule has 0 bridgehead atoms. The number of hydrogen-bond acceptors (Lipinski definition) is 1. The standard InChI is InChI=1S/C12H15IO/c1-10(6-5-9-13)12(14)11-7-3-2-4-8-11/h2-4,7-8,10H,5-6,9H2,1H3. The van der Waals surface area contributed by atoms with E-state index >= 15 is 0 Å². The Hall–Kier alpha value is -0.380. The van der Waals surface area contributed by atoms with Crippen molar-refractivity contribution in [1.82, 2.24) is 0 Å². The molecule has 1 rings (SSSR count). The molecule has 1 nitrogen and oxygen atoms in total. The largest absolute Gasteiger partial charge is 0.294 e. The topological polar surface area (TPSA) is 17.1 Å². The summed E-state index contributed by atoms with van der Waals surface area (Å²) in [7, 11) is 0. The third-order valence-electron chi connectivity index (χ3n) is 2.28. The molecule has 1 unspecified atom stereocenters. The van der Waals surface area contributed by atoms with Crippen LogP contribution in [0.2, 0.25) is 0 Å². The van der Waals surface area contributed by atoms with Crippen molar-refractivity contribution in [1.29, 1.82) is 0 Å². The average Bonchev–Trinajstić information content (AvgIpc) is 2.26. The normalized spacial score (nSPS) is 12.4. The Balaban J connectivity index is 2.57. The first-order chi connectivity index (χ1) is 6.75. The zero-order valence-corrected chi connectivity index (χ0v) is 10.5. The van der Waals surface area contributed by atoms with E-state index in [0.29, 0.717) is 0 Å². The molecule has 0 spiro atoms. The van der Waals surface area contributed by atoms with Crippen molar-refractivity contribution in [3.8, 4) is 0 Å². The van der Waals surface area contributed by atoms with Crippen LogP contribution in [0.15, 0.2) is 30.3 Å². The van der Waals surface area contributed by atoms with E-state index in [1.165, 1.54) is 0 Å². The number of alkyl halides is 1. The van der Waals surface area contributed by atoms with Gasteiger partial charge in [-0.25, -0.2) is 0 Å². The molecule has 0 aliphatic rings. The van der Waals surface area contributed by atoms with Crippen molar-refractivity contribution >= 4 is 28.4 Å². The molecule has 0 amide bonds. The Morgan fingerprint density at radius 2 is 2.00 bits per heavy atom. The predicted octanol–water partition coefficient (Wildman–Crippen LogP) is 3.72.